The fourth-order valence-corrected chi connectivity index (χ4v) is 3.14. The molecule has 0 aliphatic carbocycles. The zero-order valence-corrected chi connectivity index (χ0v) is 14.8. The van der Waals surface area contributed by atoms with E-state index in [2.05, 4.69) is 5.32 Å². The van der Waals surface area contributed by atoms with Crippen molar-refractivity contribution in [2.24, 2.45) is 0 Å². The molecule has 1 aromatic carbocycles. The van der Waals surface area contributed by atoms with E-state index in [0.29, 0.717) is 19.5 Å². The van der Waals surface area contributed by atoms with Crippen LogP contribution < -0.4 is 5.32 Å². The molecule has 5 nitrogen and oxygen atoms in total. The number of benzene rings is 1. The molecule has 0 aromatic heterocycles. The Morgan fingerprint density at radius 3 is 2.29 bits per heavy atom. The molecule has 0 bridgehead atoms. The molecule has 1 saturated heterocycles. The van der Waals surface area contributed by atoms with Gasteiger partial charge in [0.25, 0.3) is 0 Å². The van der Waals surface area contributed by atoms with Gasteiger partial charge in [0, 0.05) is 32.6 Å². The summed E-state index contributed by atoms with van der Waals surface area (Å²) in [6, 6.07) is 9.22. The van der Waals surface area contributed by atoms with Gasteiger partial charge >= 0.3 is 6.03 Å². The molecule has 0 radical (unpaired) electrons. The largest absolute Gasteiger partial charge is 0.341 e. The molecular weight excluding hydrogens is 302 g/mol. The van der Waals surface area contributed by atoms with Crippen LogP contribution in [0.25, 0.3) is 0 Å². The highest BCUT2D eigenvalue weighted by atomic mass is 16.2. The second-order valence-corrected chi connectivity index (χ2v) is 6.25. The van der Waals surface area contributed by atoms with E-state index in [1.54, 1.807) is 4.90 Å². The highest BCUT2D eigenvalue weighted by Gasteiger charge is 2.28. The number of hydrogen-bond acceptors (Lipinski definition) is 2. The number of nitrogens with zero attached hydrogens (tertiary/aromatic N) is 2. The standard InChI is InChI=1S/C19H29N3O2/c1-3-21(4-2)19(24)20-17(15-16-11-7-5-8-12-16)18(23)22-13-9-6-10-14-22/h5,7-8,11-12,17H,3-4,6,9-10,13-15H2,1-2H3,(H,20,24)/t17-/m0/s1. The molecule has 1 aromatic rings. The smallest absolute Gasteiger partial charge is 0.318 e. The zero-order chi connectivity index (χ0) is 17.4. The summed E-state index contributed by atoms with van der Waals surface area (Å²) in [6.07, 6.45) is 3.81. The first kappa shape index (κ1) is 18.3. The molecule has 3 amide bonds. The van der Waals surface area contributed by atoms with Crippen molar-refractivity contribution in [1.29, 1.82) is 0 Å². The van der Waals surface area contributed by atoms with E-state index in [-0.39, 0.29) is 11.9 Å². The molecule has 132 valence electrons. The van der Waals surface area contributed by atoms with Gasteiger partial charge in [0.05, 0.1) is 0 Å². The third-order valence-electron chi connectivity index (χ3n) is 4.60. The second kappa shape index (κ2) is 9.30. The van der Waals surface area contributed by atoms with Gasteiger partial charge in [0.15, 0.2) is 0 Å². The lowest BCUT2D eigenvalue weighted by Crippen LogP contribution is -2.54. The minimum absolute atomic E-state index is 0.0408. The van der Waals surface area contributed by atoms with E-state index in [0.717, 1.165) is 31.5 Å². The second-order valence-electron chi connectivity index (χ2n) is 6.25. The summed E-state index contributed by atoms with van der Waals surface area (Å²) >= 11 is 0. The summed E-state index contributed by atoms with van der Waals surface area (Å²) in [4.78, 5) is 29.0. The summed E-state index contributed by atoms with van der Waals surface area (Å²) in [5, 5.41) is 2.96. The van der Waals surface area contributed by atoms with Crippen molar-refractivity contribution < 1.29 is 9.59 Å². The van der Waals surface area contributed by atoms with E-state index in [1.807, 2.05) is 49.1 Å². The van der Waals surface area contributed by atoms with Gasteiger partial charge in [0.1, 0.15) is 6.04 Å². The predicted octanol–water partition coefficient (Wildman–Crippen LogP) is 2.66. The fourth-order valence-electron chi connectivity index (χ4n) is 3.14. The average molecular weight is 331 g/mol. The molecule has 1 aliphatic heterocycles. The first-order chi connectivity index (χ1) is 11.7. The van der Waals surface area contributed by atoms with Gasteiger partial charge in [0.2, 0.25) is 5.91 Å². The molecule has 1 fully saturated rings. The monoisotopic (exact) mass is 331 g/mol. The van der Waals surface area contributed by atoms with Gasteiger partial charge in [-0.2, -0.15) is 0 Å². The number of carbonyl (C=O) groups excluding carboxylic acids is 2. The Hall–Kier alpha value is -2.04. The van der Waals surface area contributed by atoms with Crippen LogP contribution >= 0.6 is 0 Å². The van der Waals surface area contributed by atoms with Crippen LogP contribution in [0, 0.1) is 0 Å². The normalized spacial score (nSPS) is 15.7. The van der Waals surface area contributed by atoms with Gasteiger partial charge in [-0.1, -0.05) is 30.3 Å². The van der Waals surface area contributed by atoms with Crippen LogP contribution in [-0.4, -0.2) is 54.0 Å². The number of nitrogens with one attached hydrogen (secondary N) is 1. The van der Waals surface area contributed by atoms with Crippen molar-refractivity contribution in [3.8, 4) is 0 Å². The number of carbonyl (C=O) groups is 2. The van der Waals surface area contributed by atoms with Gasteiger partial charge in [-0.25, -0.2) is 4.79 Å². The van der Waals surface area contributed by atoms with E-state index >= 15 is 0 Å². The number of amides is 3. The van der Waals surface area contributed by atoms with Crippen LogP contribution in [0.1, 0.15) is 38.7 Å². The molecule has 1 N–H and O–H groups in total. The Bertz CT molecular complexity index is 523. The number of urea groups is 1. The summed E-state index contributed by atoms with van der Waals surface area (Å²) in [6.45, 7) is 6.76. The summed E-state index contributed by atoms with van der Waals surface area (Å²) < 4.78 is 0. The number of piperidine rings is 1. The van der Waals surface area contributed by atoms with Crippen LogP contribution in [0.5, 0.6) is 0 Å². The van der Waals surface area contributed by atoms with Crippen LogP contribution in [0.2, 0.25) is 0 Å². The summed E-state index contributed by atoms with van der Waals surface area (Å²) in [5.74, 6) is 0.0408. The Kier molecular flexibility index (Phi) is 7.09. The lowest BCUT2D eigenvalue weighted by atomic mass is 10.0. The minimum Gasteiger partial charge on any atom is -0.341 e. The zero-order valence-electron chi connectivity index (χ0n) is 14.8. The van der Waals surface area contributed by atoms with Crippen molar-refractivity contribution >= 4 is 11.9 Å². The van der Waals surface area contributed by atoms with Gasteiger partial charge in [-0.3, -0.25) is 4.79 Å². The average Bonchev–Trinajstić information content (AvgIpc) is 2.63. The number of likely N-dealkylation sites (tertiary alicyclic amines) is 1. The molecule has 1 atom stereocenters. The van der Waals surface area contributed by atoms with Crippen LogP contribution in [0.15, 0.2) is 30.3 Å². The molecular formula is C19H29N3O2. The van der Waals surface area contributed by atoms with Crippen molar-refractivity contribution in [2.75, 3.05) is 26.2 Å². The Morgan fingerprint density at radius 2 is 1.71 bits per heavy atom. The van der Waals surface area contributed by atoms with Crippen molar-refractivity contribution in [2.45, 2.75) is 45.6 Å². The first-order valence-electron chi connectivity index (χ1n) is 9.03. The molecule has 5 heteroatoms. The van der Waals surface area contributed by atoms with Crippen LogP contribution in [0.4, 0.5) is 4.79 Å². The van der Waals surface area contributed by atoms with Crippen LogP contribution in [0.3, 0.4) is 0 Å². The molecule has 1 heterocycles. The molecule has 24 heavy (non-hydrogen) atoms. The predicted molar refractivity (Wildman–Crippen MR) is 95.8 cm³/mol. The topological polar surface area (TPSA) is 52.7 Å². The van der Waals surface area contributed by atoms with Crippen molar-refractivity contribution in [3.63, 3.8) is 0 Å². The van der Waals surface area contributed by atoms with E-state index < -0.39 is 6.04 Å². The summed E-state index contributed by atoms with van der Waals surface area (Å²) in [7, 11) is 0. The Balaban J connectivity index is 2.10. The lowest BCUT2D eigenvalue weighted by molar-refractivity contribution is -0.134. The minimum atomic E-state index is -0.501. The van der Waals surface area contributed by atoms with Crippen molar-refractivity contribution in [1.82, 2.24) is 15.1 Å². The third-order valence-corrected chi connectivity index (χ3v) is 4.60. The number of hydrogen-bond donors (Lipinski definition) is 1. The molecule has 0 unspecified atom stereocenters. The molecule has 0 spiro atoms. The lowest BCUT2D eigenvalue weighted by Gasteiger charge is -2.32. The fraction of sp³-hybridized carbons (Fsp3) is 0.579. The molecule has 2 rings (SSSR count). The maximum atomic E-state index is 12.9. The summed E-state index contributed by atoms with van der Waals surface area (Å²) in [5.41, 5.74) is 1.06. The Morgan fingerprint density at radius 1 is 1.08 bits per heavy atom. The highest BCUT2D eigenvalue weighted by Crippen LogP contribution is 2.13. The van der Waals surface area contributed by atoms with E-state index in [4.69, 9.17) is 0 Å². The van der Waals surface area contributed by atoms with Crippen molar-refractivity contribution in [3.05, 3.63) is 35.9 Å². The first-order valence-corrected chi connectivity index (χ1v) is 9.03. The molecule has 1 aliphatic rings. The Labute approximate surface area is 145 Å². The highest BCUT2D eigenvalue weighted by molar-refractivity contribution is 5.87. The van der Waals surface area contributed by atoms with Gasteiger partial charge in [-0.15, -0.1) is 0 Å². The van der Waals surface area contributed by atoms with Gasteiger partial charge < -0.3 is 15.1 Å². The van der Waals surface area contributed by atoms with Crippen LogP contribution in [-0.2, 0) is 11.2 Å². The quantitative estimate of drug-likeness (QED) is 0.871. The van der Waals surface area contributed by atoms with Gasteiger partial charge in [-0.05, 0) is 38.7 Å². The number of rotatable bonds is 6. The maximum Gasteiger partial charge on any atom is 0.318 e. The van der Waals surface area contributed by atoms with E-state index in [9.17, 15) is 9.59 Å². The maximum absolute atomic E-state index is 12.9. The van der Waals surface area contributed by atoms with E-state index in [1.165, 1.54) is 6.42 Å². The SMILES string of the molecule is CCN(CC)C(=O)N[C@@H](Cc1ccccc1)C(=O)N1CCCCC1. The third kappa shape index (κ3) is 4.98. The molecule has 0 saturated carbocycles.